The molecule has 2 unspecified atom stereocenters. The summed E-state index contributed by atoms with van der Waals surface area (Å²) in [4.78, 5) is 2.36. The van der Waals surface area contributed by atoms with Crippen LogP contribution in [0, 0.1) is 0 Å². The highest BCUT2D eigenvalue weighted by atomic mass is 35.5. The summed E-state index contributed by atoms with van der Waals surface area (Å²) in [6.07, 6.45) is 4.65. The number of benzene rings is 1. The lowest BCUT2D eigenvalue weighted by Crippen LogP contribution is -2.43. The molecule has 1 aliphatic rings. The third-order valence-corrected chi connectivity index (χ3v) is 4.23. The van der Waals surface area contributed by atoms with Crippen LogP contribution in [-0.2, 0) is 0 Å². The van der Waals surface area contributed by atoms with Gasteiger partial charge in [0.05, 0.1) is 6.61 Å². The van der Waals surface area contributed by atoms with Crippen LogP contribution in [0.1, 0.15) is 37.3 Å². The van der Waals surface area contributed by atoms with Gasteiger partial charge >= 0.3 is 0 Å². The second-order valence-corrected chi connectivity index (χ2v) is 5.67. The Labute approximate surface area is 120 Å². The number of hydrogen-bond donors (Lipinski definition) is 2. The molecule has 1 aromatic carbocycles. The van der Waals surface area contributed by atoms with Crippen molar-refractivity contribution >= 4 is 11.6 Å². The average molecular weight is 283 g/mol. The van der Waals surface area contributed by atoms with E-state index >= 15 is 0 Å². The van der Waals surface area contributed by atoms with E-state index in [1.807, 2.05) is 18.2 Å². The van der Waals surface area contributed by atoms with E-state index in [0.717, 1.165) is 23.6 Å². The third-order valence-electron chi connectivity index (χ3n) is 3.99. The number of nitrogens with two attached hydrogens (primary N) is 1. The van der Waals surface area contributed by atoms with Crippen molar-refractivity contribution in [2.75, 3.05) is 19.7 Å². The highest BCUT2D eigenvalue weighted by Crippen LogP contribution is 2.28. The summed E-state index contributed by atoms with van der Waals surface area (Å²) in [6.45, 7) is 1.76. The molecule has 0 aliphatic carbocycles. The Morgan fingerprint density at radius 1 is 1.37 bits per heavy atom. The van der Waals surface area contributed by atoms with Crippen molar-refractivity contribution in [2.24, 2.45) is 5.73 Å². The van der Waals surface area contributed by atoms with E-state index in [1.54, 1.807) is 0 Å². The summed E-state index contributed by atoms with van der Waals surface area (Å²) in [7, 11) is 0. The average Bonchev–Trinajstić information content (AvgIpc) is 2.65. The Hall–Kier alpha value is -0.610. The van der Waals surface area contributed by atoms with Gasteiger partial charge in [0.25, 0.3) is 0 Å². The summed E-state index contributed by atoms with van der Waals surface area (Å²) in [5.74, 6) is 0. The number of halogens is 1. The summed E-state index contributed by atoms with van der Waals surface area (Å²) in [5.41, 5.74) is 7.14. The van der Waals surface area contributed by atoms with Gasteiger partial charge in [-0.15, -0.1) is 0 Å². The van der Waals surface area contributed by atoms with Gasteiger partial charge in [-0.25, -0.2) is 0 Å². The van der Waals surface area contributed by atoms with E-state index in [9.17, 15) is 5.11 Å². The van der Waals surface area contributed by atoms with Crippen LogP contribution in [0.2, 0.25) is 5.02 Å². The molecule has 3 nitrogen and oxygen atoms in total. The first-order valence-corrected chi connectivity index (χ1v) is 7.46. The molecule has 1 heterocycles. The summed E-state index contributed by atoms with van der Waals surface area (Å²) >= 11 is 6.08. The molecule has 19 heavy (non-hydrogen) atoms. The van der Waals surface area contributed by atoms with Crippen molar-refractivity contribution in [2.45, 2.75) is 37.8 Å². The van der Waals surface area contributed by atoms with Gasteiger partial charge in [0, 0.05) is 23.7 Å². The molecule has 2 atom stereocenters. The fourth-order valence-electron chi connectivity index (χ4n) is 2.98. The SMILES string of the molecule is NCC(c1cccc(Cl)c1)N1CCCCCC1CO. The van der Waals surface area contributed by atoms with Gasteiger partial charge in [0.15, 0.2) is 0 Å². The van der Waals surface area contributed by atoms with Gasteiger partial charge in [-0.3, -0.25) is 4.90 Å². The molecule has 0 saturated carbocycles. The highest BCUT2D eigenvalue weighted by Gasteiger charge is 2.27. The molecule has 4 heteroatoms. The molecule has 1 aromatic rings. The van der Waals surface area contributed by atoms with Gasteiger partial charge in [-0.1, -0.05) is 36.6 Å². The van der Waals surface area contributed by atoms with E-state index in [0.29, 0.717) is 6.54 Å². The first-order valence-electron chi connectivity index (χ1n) is 7.08. The topological polar surface area (TPSA) is 49.5 Å². The predicted molar refractivity (Wildman–Crippen MR) is 79.3 cm³/mol. The van der Waals surface area contributed by atoms with E-state index in [4.69, 9.17) is 17.3 Å². The van der Waals surface area contributed by atoms with E-state index < -0.39 is 0 Å². The maximum Gasteiger partial charge on any atom is 0.0587 e. The number of hydrogen-bond acceptors (Lipinski definition) is 3. The fourth-order valence-corrected chi connectivity index (χ4v) is 3.18. The highest BCUT2D eigenvalue weighted by molar-refractivity contribution is 6.30. The van der Waals surface area contributed by atoms with E-state index in [-0.39, 0.29) is 18.7 Å². The van der Waals surface area contributed by atoms with Crippen molar-refractivity contribution in [1.82, 2.24) is 4.90 Å². The van der Waals surface area contributed by atoms with Crippen LogP contribution >= 0.6 is 11.6 Å². The van der Waals surface area contributed by atoms with Crippen molar-refractivity contribution in [3.63, 3.8) is 0 Å². The fraction of sp³-hybridized carbons (Fsp3) is 0.600. The zero-order valence-corrected chi connectivity index (χ0v) is 12.0. The minimum Gasteiger partial charge on any atom is -0.395 e. The lowest BCUT2D eigenvalue weighted by molar-refractivity contribution is 0.0870. The number of nitrogens with zero attached hydrogens (tertiary/aromatic N) is 1. The molecule has 1 saturated heterocycles. The number of aliphatic hydroxyl groups is 1. The lowest BCUT2D eigenvalue weighted by Gasteiger charge is -2.36. The second-order valence-electron chi connectivity index (χ2n) is 5.23. The first-order chi connectivity index (χ1) is 9.26. The van der Waals surface area contributed by atoms with Crippen LogP contribution in [0.15, 0.2) is 24.3 Å². The number of likely N-dealkylation sites (tertiary alicyclic amines) is 1. The van der Waals surface area contributed by atoms with Gasteiger partial charge in [0.1, 0.15) is 0 Å². The standard InChI is InChI=1S/C15H23ClN2O/c16-13-6-4-5-12(9-13)15(10-17)18-8-3-1-2-7-14(18)11-19/h4-6,9,14-15,19H,1-3,7-8,10-11,17H2. The van der Waals surface area contributed by atoms with Crippen LogP contribution in [0.4, 0.5) is 0 Å². The predicted octanol–water partition coefficient (Wildman–Crippen LogP) is 2.58. The molecule has 0 aromatic heterocycles. The van der Waals surface area contributed by atoms with E-state index in [1.165, 1.54) is 19.3 Å². The van der Waals surface area contributed by atoms with Crippen LogP contribution in [0.3, 0.4) is 0 Å². The first kappa shape index (κ1) is 14.8. The lowest BCUT2D eigenvalue weighted by atomic mass is 10.0. The minimum absolute atomic E-state index is 0.147. The number of rotatable bonds is 4. The molecular formula is C15H23ClN2O. The molecule has 0 bridgehead atoms. The Bertz CT molecular complexity index is 399. The van der Waals surface area contributed by atoms with Gasteiger partial charge in [-0.2, -0.15) is 0 Å². The van der Waals surface area contributed by atoms with Crippen molar-refractivity contribution in [3.8, 4) is 0 Å². The second kappa shape index (κ2) is 7.25. The normalized spacial score (nSPS) is 23.0. The number of aliphatic hydroxyl groups excluding tert-OH is 1. The van der Waals surface area contributed by atoms with Crippen LogP contribution in [0.25, 0.3) is 0 Å². The van der Waals surface area contributed by atoms with Gasteiger partial charge < -0.3 is 10.8 Å². The Kier molecular flexibility index (Phi) is 5.64. The zero-order valence-electron chi connectivity index (χ0n) is 11.3. The minimum atomic E-state index is 0.147. The molecule has 0 spiro atoms. The Balaban J connectivity index is 2.23. The van der Waals surface area contributed by atoms with Crippen molar-refractivity contribution < 1.29 is 5.11 Å². The zero-order chi connectivity index (χ0) is 13.7. The molecule has 0 radical (unpaired) electrons. The van der Waals surface area contributed by atoms with Crippen LogP contribution < -0.4 is 5.73 Å². The maximum absolute atomic E-state index is 9.62. The maximum atomic E-state index is 9.62. The molecule has 1 fully saturated rings. The van der Waals surface area contributed by atoms with E-state index in [2.05, 4.69) is 11.0 Å². The quantitative estimate of drug-likeness (QED) is 0.892. The molecule has 1 aliphatic heterocycles. The molecule has 3 N–H and O–H groups in total. The third kappa shape index (κ3) is 3.69. The van der Waals surface area contributed by atoms with Crippen LogP contribution in [0.5, 0.6) is 0 Å². The Morgan fingerprint density at radius 3 is 2.89 bits per heavy atom. The molecule has 0 amide bonds. The van der Waals surface area contributed by atoms with Crippen molar-refractivity contribution in [1.29, 1.82) is 0 Å². The Morgan fingerprint density at radius 2 is 2.21 bits per heavy atom. The van der Waals surface area contributed by atoms with Gasteiger partial charge in [-0.05, 0) is 37.1 Å². The molecular weight excluding hydrogens is 260 g/mol. The van der Waals surface area contributed by atoms with Crippen LogP contribution in [-0.4, -0.2) is 35.7 Å². The monoisotopic (exact) mass is 282 g/mol. The summed E-state index contributed by atoms with van der Waals surface area (Å²) in [5, 5.41) is 10.4. The summed E-state index contributed by atoms with van der Waals surface area (Å²) in [6, 6.07) is 8.27. The van der Waals surface area contributed by atoms with Gasteiger partial charge in [0.2, 0.25) is 0 Å². The molecule has 2 rings (SSSR count). The van der Waals surface area contributed by atoms with Crippen molar-refractivity contribution in [3.05, 3.63) is 34.9 Å². The molecule has 106 valence electrons. The summed E-state index contributed by atoms with van der Waals surface area (Å²) < 4.78 is 0. The largest absolute Gasteiger partial charge is 0.395 e. The smallest absolute Gasteiger partial charge is 0.0587 e.